The van der Waals surface area contributed by atoms with Crippen molar-refractivity contribution in [1.29, 1.82) is 0 Å². The van der Waals surface area contributed by atoms with Gasteiger partial charge in [0, 0.05) is 0 Å². The van der Waals surface area contributed by atoms with Crippen molar-refractivity contribution in [3.8, 4) is 0 Å². The second-order valence-corrected chi connectivity index (χ2v) is 3.85. The van der Waals surface area contributed by atoms with Gasteiger partial charge in [0.2, 0.25) is 0 Å². The maximum atomic E-state index is 9.98. The zero-order valence-electron chi connectivity index (χ0n) is 7.60. The van der Waals surface area contributed by atoms with E-state index in [1.807, 2.05) is 0 Å². The lowest BCUT2D eigenvalue weighted by atomic mass is 9.85. The Balaban J connectivity index is 2.37. The molecule has 0 aromatic rings. The zero-order chi connectivity index (χ0) is 8.16. The molecule has 0 saturated heterocycles. The van der Waals surface area contributed by atoms with Gasteiger partial charge in [-0.3, -0.25) is 0 Å². The number of hydrogen-bond donors (Lipinski definition) is 1. The van der Waals surface area contributed by atoms with E-state index in [0.29, 0.717) is 0 Å². The first-order chi connectivity index (χ1) is 5.27. The summed E-state index contributed by atoms with van der Waals surface area (Å²) in [6.45, 7) is 2.10. The van der Waals surface area contributed by atoms with Crippen molar-refractivity contribution in [2.24, 2.45) is 0 Å². The van der Waals surface area contributed by atoms with Crippen molar-refractivity contribution in [2.45, 2.75) is 63.9 Å². The molecule has 1 fully saturated rings. The summed E-state index contributed by atoms with van der Waals surface area (Å²) in [6.07, 6.45) is 9.47. The summed E-state index contributed by atoms with van der Waals surface area (Å²) in [4.78, 5) is 0. The minimum atomic E-state index is -0.305. The Morgan fingerprint density at radius 2 is 1.45 bits per heavy atom. The summed E-state index contributed by atoms with van der Waals surface area (Å²) < 4.78 is 0. The summed E-state index contributed by atoms with van der Waals surface area (Å²) in [6, 6.07) is 0. The Kier molecular flexibility index (Phi) is 3.38. The molecule has 0 amide bonds. The normalized spacial score (nSPS) is 25.6. The Hall–Kier alpha value is -0.0400. The monoisotopic (exact) mass is 156 g/mol. The first-order valence-electron chi connectivity index (χ1n) is 4.99. The Morgan fingerprint density at radius 1 is 1.00 bits per heavy atom. The van der Waals surface area contributed by atoms with Crippen LogP contribution in [0.15, 0.2) is 0 Å². The van der Waals surface area contributed by atoms with Crippen molar-refractivity contribution in [2.75, 3.05) is 0 Å². The predicted molar refractivity (Wildman–Crippen MR) is 47.6 cm³/mol. The highest BCUT2D eigenvalue weighted by Crippen LogP contribution is 2.28. The standard InChI is InChI=1S/C10H20O/c1-2-10(11)8-6-4-3-5-7-9-10/h11H,2-9H2,1H3. The third-order valence-electron chi connectivity index (χ3n) is 2.94. The molecule has 0 aromatic carbocycles. The van der Waals surface area contributed by atoms with E-state index in [1.165, 1.54) is 32.1 Å². The molecular formula is C10H20O. The fourth-order valence-electron chi connectivity index (χ4n) is 1.92. The van der Waals surface area contributed by atoms with Gasteiger partial charge in [0.1, 0.15) is 0 Å². The highest BCUT2D eigenvalue weighted by Gasteiger charge is 2.24. The number of hydrogen-bond acceptors (Lipinski definition) is 1. The third kappa shape index (κ3) is 2.82. The van der Waals surface area contributed by atoms with E-state index in [-0.39, 0.29) is 5.60 Å². The maximum absolute atomic E-state index is 9.98. The van der Waals surface area contributed by atoms with E-state index in [2.05, 4.69) is 6.92 Å². The van der Waals surface area contributed by atoms with E-state index in [0.717, 1.165) is 19.3 Å². The molecule has 11 heavy (non-hydrogen) atoms. The first kappa shape index (κ1) is 9.05. The van der Waals surface area contributed by atoms with E-state index in [4.69, 9.17) is 0 Å². The van der Waals surface area contributed by atoms with Gasteiger partial charge in [-0.2, -0.15) is 0 Å². The van der Waals surface area contributed by atoms with Crippen LogP contribution in [-0.2, 0) is 0 Å². The van der Waals surface area contributed by atoms with Gasteiger partial charge in [0.15, 0.2) is 0 Å². The van der Waals surface area contributed by atoms with Crippen molar-refractivity contribution in [1.82, 2.24) is 0 Å². The summed E-state index contributed by atoms with van der Waals surface area (Å²) in [7, 11) is 0. The van der Waals surface area contributed by atoms with Crippen LogP contribution in [0.4, 0.5) is 0 Å². The maximum Gasteiger partial charge on any atom is 0.0645 e. The fraction of sp³-hybridized carbons (Fsp3) is 1.00. The van der Waals surface area contributed by atoms with Gasteiger partial charge in [-0.15, -0.1) is 0 Å². The second kappa shape index (κ2) is 4.10. The second-order valence-electron chi connectivity index (χ2n) is 3.85. The predicted octanol–water partition coefficient (Wildman–Crippen LogP) is 2.87. The van der Waals surface area contributed by atoms with Crippen LogP contribution >= 0.6 is 0 Å². The van der Waals surface area contributed by atoms with Crippen LogP contribution in [0, 0.1) is 0 Å². The zero-order valence-corrected chi connectivity index (χ0v) is 7.60. The van der Waals surface area contributed by atoms with Gasteiger partial charge < -0.3 is 5.11 Å². The van der Waals surface area contributed by atoms with Crippen LogP contribution in [0.5, 0.6) is 0 Å². The average Bonchev–Trinajstić information content (AvgIpc) is 1.98. The highest BCUT2D eigenvalue weighted by atomic mass is 16.3. The number of aliphatic hydroxyl groups is 1. The summed E-state index contributed by atoms with van der Waals surface area (Å²) >= 11 is 0. The summed E-state index contributed by atoms with van der Waals surface area (Å²) in [5, 5.41) is 9.98. The van der Waals surface area contributed by atoms with Crippen LogP contribution in [0.1, 0.15) is 58.3 Å². The van der Waals surface area contributed by atoms with Gasteiger partial charge in [0.05, 0.1) is 5.60 Å². The van der Waals surface area contributed by atoms with Crippen LogP contribution in [0.25, 0.3) is 0 Å². The molecule has 1 N–H and O–H groups in total. The molecule has 1 nitrogen and oxygen atoms in total. The molecule has 0 unspecified atom stereocenters. The van der Waals surface area contributed by atoms with E-state index < -0.39 is 0 Å². The minimum absolute atomic E-state index is 0.305. The van der Waals surface area contributed by atoms with Crippen molar-refractivity contribution < 1.29 is 5.11 Å². The van der Waals surface area contributed by atoms with Crippen LogP contribution < -0.4 is 0 Å². The highest BCUT2D eigenvalue weighted by molar-refractivity contribution is 4.77. The molecule has 66 valence electrons. The first-order valence-corrected chi connectivity index (χ1v) is 4.99. The van der Waals surface area contributed by atoms with Gasteiger partial charge >= 0.3 is 0 Å². The molecule has 0 atom stereocenters. The molecule has 0 spiro atoms. The van der Waals surface area contributed by atoms with Gasteiger partial charge in [-0.1, -0.05) is 39.0 Å². The van der Waals surface area contributed by atoms with Gasteiger partial charge in [-0.25, -0.2) is 0 Å². The minimum Gasteiger partial charge on any atom is -0.390 e. The SMILES string of the molecule is CCC1(O)CCCCCCC1. The van der Waals surface area contributed by atoms with Gasteiger partial charge in [-0.05, 0) is 19.3 Å². The molecular weight excluding hydrogens is 136 g/mol. The van der Waals surface area contributed by atoms with E-state index >= 15 is 0 Å². The number of rotatable bonds is 1. The lowest BCUT2D eigenvalue weighted by molar-refractivity contribution is 0.0105. The Labute approximate surface area is 69.8 Å². The quantitative estimate of drug-likeness (QED) is 0.619. The molecule has 1 aliphatic carbocycles. The molecule has 0 bridgehead atoms. The van der Waals surface area contributed by atoms with Crippen LogP contribution in [-0.4, -0.2) is 10.7 Å². The average molecular weight is 156 g/mol. The van der Waals surface area contributed by atoms with Crippen LogP contribution in [0.2, 0.25) is 0 Å². The van der Waals surface area contributed by atoms with Crippen LogP contribution in [0.3, 0.4) is 0 Å². The molecule has 0 aromatic heterocycles. The molecule has 1 heteroatoms. The van der Waals surface area contributed by atoms with E-state index in [9.17, 15) is 5.11 Å². The largest absolute Gasteiger partial charge is 0.390 e. The Morgan fingerprint density at radius 3 is 1.91 bits per heavy atom. The molecule has 0 heterocycles. The van der Waals surface area contributed by atoms with Crippen molar-refractivity contribution in [3.63, 3.8) is 0 Å². The smallest absolute Gasteiger partial charge is 0.0645 e. The van der Waals surface area contributed by atoms with Crippen molar-refractivity contribution in [3.05, 3.63) is 0 Å². The fourth-order valence-corrected chi connectivity index (χ4v) is 1.92. The lowest BCUT2D eigenvalue weighted by Gasteiger charge is -2.28. The molecule has 1 aliphatic rings. The summed E-state index contributed by atoms with van der Waals surface area (Å²) in [5.41, 5.74) is -0.305. The molecule has 1 rings (SSSR count). The molecule has 0 aliphatic heterocycles. The van der Waals surface area contributed by atoms with Crippen molar-refractivity contribution >= 4 is 0 Å². The lowest BCUT2D eigenvalue weighted by Crippen LogP contribution is -2.28. The summed E-state index contributed by atoms with van der Waals surface area (Å²) in [5.74, 6) is 0. The molecule has 1 saturated carbocycles. The third-order valence-corrected chi connectivity index (χ3v) is 2.94. The molecule has 0 radical (unpaired) electrons. The topological polar surface area (TPSA) is 20.2 Å². The van der Waals surface area contributed by atoms with E-state index in [1.54, 1.807) is 0 Å². The van der Waals surface area contributed by atoms with Gasteiger partial charge in [0.25, 0.3) is 0 Å². The Bertz CT molecular complexity index is 101.